The van der Waals surface area contributed by atoms with Crippen LogP contribution >= 0.6 is 0 Å². The molecule has 0 aliphatic rings. The fraction of sp³-hybridized carbons (Fsp3) is 1.00. The molecule has 0 spiro atoms. The lowest BCUT2D eigenvalue weighted by Gasteiger charge is -2.44. The fourth-order valence-electron chi connectivity index (χ4n) is 3.14. The average Bonchev–Trinajstić information content (AvgIpc) is 2.33. The van der Waals surface area contributed by atoms with E-state index < -0.39 is 37.0 Å². The first kappa shape index (κ1) is 24.8. The van der Waals surface area contributed by atoms with Crippen LogP contribution in [-0.2, 0) is 24.8 Å². The number of nitrogens with one attached hydrogen (secondary N) is 1. The van der Waals surface area contributed by atoms with Crippen molar-refractivity contribution in [1.29, 1.82) is 0 Å². The molecule has 25 heavy (non-hydrogen) atoms. The summed E-state index contributed by atoms with van der Waals surface area (Å²) in [6.07, 6.45) is 3.33. The van der Waals surface area contributed by atoms with Crippen LogP contribution in [0.3, 0.4) is 0 Å². The predicted octanol–water partition coefficient (Wildman–Crippen LogP) is 1.81. The molecule has 0 aliphatic heterocycles. The van der Waals surface area contributed by atoms with Gasteiger partial charge >= 0.3 is 0 Å². The van der Waals surface area contributed by atoms with Crippen LogP contribution in [-0.4, -0.2) is 65.0 Å². The number of hydrogen-bond acceptors (Lipinski definition) is 5. The quantitative estimate of drug-likeness (QED) is 0.571. The Bertz CT molecular complexity index is 629. The summed E-state index contributed by atoms with van der Waals surface area (Å²) in [7, 11) is -5.25. The summed E-state index contributed by atoms with van der Waals surface area (Å²) in [5.41, 5.74) is -1.19. The molecule has 1 N–H and O–H groups in total. The highest BCUT2D eigenvalue weighted by Crippen LogP contribution is 2.36. The first-order valence-electron chi connectivity index (χ1n) is 8.47. The van der Waals surface area contributed by atoms with Crippen molar-refractivity contribution in [3.05, 3.63) is 0 Å². The summed E-state index contributed by atoms with van der Waals surface area (Å²) >= 11 is 0. The highest BCUT2D eigenvalue weighted by molar-refractivity contribution is 7.88. The van der Waals surface area contributed by atoms with Crippen LogP contribution < -0.4 is 4.72 Å². The van der Waals surface area contributed by atoms with Gasteiger partial charge in [0.25, 0.3) is 0 Å². The first-order chi connectivity index (χ1) is 10.9. The molecular formula is C16H36N2O5S2. The Morgan fingerprint density at radius 1 is 1.08 bits per heavy atom. The molecule has 0 saturated heterocycles. The minimum Gasteiger partial charge on any atom is -0.377 e. The third-order valence-corrected chi connectivity index (χ3v) is 6.67. The maximum absolute atomic E-state index is 12.1. The van der Waals surface area contributed by atoms with Crippen molar-refractivity contribution >= 4 is 20.0 Å². The fourth-order valence-corrected chi connectivity index (χ4v) is 5.06. The van der Waals surface area contributed by atoms with E-state index in [0.29, 0.717) is 12.8 Å². The topological polar surface area (TPSA) is 92.8 Å². The molecule has 0 bridgehead atoms. The first-order valence-corrected chi connectivity index (χ1v) is 12.2. The summed E-state index contributed by atoms with van der Waals surface area (Å²) in [4.78, 5) is 0. The van der Waals surface area contributed by atoms with Gasteiger partial charge in [0, 0.05) is 12.6 Å². The van der Waals surface area contributed by atoms with Gasteiger partial charge in [-0.25, -0.2) is 21.6 Å². The van der Waals surface area contributed by atoms with E-state index >= 15 is 0 Å². The van der Waals surface area contributed by atoms with Crippen LogP contribution in [0, 0.1) is 5.41 Å². The minimum atomic E-state index is -3.42. The molecular weight excluding hydrogens is 364 g/mol. The van der Waals surface area contributed by atoms with Gasteiger partial charge in [0.1, 0.15) is 0 Å². The van der Waals surface area contributed by atoms with Crippen LogP contribution in [0.5, 0.6) is 0 Å². The third kappa shape index (κ3) is 8.81. The normalized spacial score (nSPS) is 17.7. The van der Waals surface area contributed by atoms with E-state index in [4.69, 9.17) is 4.74 Å². The molecule has 0 heterocycles. The van der Waals surface area contributed by atoms with Gasteiger partial charge in [-0.05, 0) is 39.0 Å². The summed E-state index contributed by atoms with van der Waals surface area (Å²) in [5.74, 6) is 0. The van der Waals surface area contributed by atoms with Gasteiger partial charge < -0.3 is 4.74 Å². The molecule has 2 unspecified atom stereocenters. The van der Waals surface area contributed by atoms with Crippen LogP contribution in [0.15, 0.2) is 0 Å². The van der Waals surface area contributed by atoms with Gasteiger partial charge in [0.2, 0.25) is 20.0 Å². The van der Waals surface area contributed by atoms with E-state index in [1.807, 2.05) is 41.5 Å². The van der Waals surface area contributed by atoms with Gasteiger partial charge in [-0.1, -0.05) is 20.8 Å². The standard InChI is InChI=1S/C16H36N2O5S2/c1-10-16(6,17-24(8,19)20)12-15(4,5)14(11-23-13(2)3)18(7)25(9,21)22/h13-14,17H,10-12H2,1-9H3. The molecule has 152 valence electrons. The van der Waals surface area contributed by atoms with Crippen LogP contribution in [0.25, 0.3) is 0 Å². The zero-order valence-corrected chi connectivity index (χ0v) is 18.7. The Kier molecular flexibility index (Phi) is 8.57. The van der Waals surface area contributed by atoms with E-state index in [0.717, 1.165) is 6.26 Å². The van der Waals surface area contributed by atoms with Gasteiger partial charge in [-0.3, -0.25) is 0 Å². The minimum absolute atomic E-state index is 0.0297. The molecule has 7 nitrogen and oxygen atoms in total. The lowest BCUT2D eigenvalue weighted by molar-refractivity contribution is 0.00305. The summed E-state index contributed by atoms with van der Waals surface area (Å²) in [6.45, 7) is 11.7. The van der Waals surface area contributed by atoms with Crippen molar-refractivity contribution in [2.75, 3.05) is 26.2 Å². The molecule has 2 atom stereocenters. The SMILES string of the molecule is CCC(C)(CC(C)(C)C(COC(C)C)N(C)S(C)(=O)=O)NS(C)(=O)=O. The Morgan fingerprint density at radius 2 is 1.56 bits per heavy atom. The second-order valence-electron chi connectivity index (χ2n) is 8.13. The predicted molar refractivity (Wildman–Crippen MR) is 103 cm³/mol. The van der Waals surface area contributed by atoms with Crippen LogP contribution in [0.4, 0.5) is 0 Å². The zero-order valence-electron chi connectivity index (χ0n) is 17.1. The Morgan fingerprint density at radius 3 is 1.88 bits per heavy atom. The van der Waals surface area contributed by atoms with Gasteiger partial charge in [0.05, 0.1) is 31.3 Å². The lowest BCUT2D eigenvalue weighted by Crippen LogP contribution is -2.55. The lowest BCUT2D eigenvalue weighted by atomic mass is 9.73. The third-order valence-electron chi connectivity index (χ3n) is 4.51. The van der Waals surface area contributed by atoms with Crippen LogP contribution in [0.1, 0.15) is 54.4 Å². The van der Waals surface area contributed by atoms with Gasteiger partial charge in [-0.2, -0.15) is 4.31 Å². The van der Waals surface area contributed by atoms with E-state index in [2.05, 4.69) is 4.72 Å². The van der Waals surface area contributed by atoms with Crippen LogP contribution in [0.2, 0.25) is 0 Å². The van der Waals surface area contributed by atoms with E-state index in [9.17, 15) is 16.8 Å². The average molecular weight is 401 g/mol. The Hall–Kier alpha value is -0.220. The number of ether oxygens (including phenoxy) is 1. The molecule has 9 heteroatoms. The number of nitrogens with zero attached hydrogens (tertiary/aromatic N) is 1. The Labute approximate surface area is 154 Å². The zero-order chi connectivity index (χ0) is 20.3. The molecule has 0 radical (unpaired) electrons. The van der Waals surface area contributed by atoms with Gasteiger partial charge in [0.15, 0.2) is 0 Å². The highest BCUT2D eigenvalue weighted by atomic mass is 32.2. The van der Waals surface area contributed by atoms with Crippen molar-refractivity contribution in [3.63, 3.8) is 0 Å². The number of sulfonamides is 2. The molecule has 0 fully saturated rings. The van der Waals surface area contributed by atoms with Crippen molar-refractivity contribution < 1.29 is 21.6 Å². The number of rotatable bonds is 11. The van der Waals surface area contributed by atoms with Crippen molar-refractivity contribution in [1.82, 2.24) is 9.03 Å². The van der Waals surface area contributed by atoms with E-state index in [1.165, 1.54) is 10.6 Å². The molecule has 0 aromatic heterocycles. The summed E-state index contributed by atoms with van der Waals surface area (Å²) < 4.78 is 57.4. The Balaban J connectivity index is 5.71. The van der Waals surface area contributed by atoms with Gasteiger partial charge in [-0.15, -0.1) is 0 Å². The molecule has 0 saturated carbocycles. The second-order valence-corrected chi connectivity index (χ2v) is 11.9. The smallest absolute Gasteiger partial charge is 0.211 e. The number of hydrogen-bond donors (Lipinski definition) is 1. The van der Waals surface area contributed by atoms with Crippen molar-refractivity contribution in [2.24, 2.45) is 5.41 Å². The monoisotopic (exact) mass is 400 g/mol. The number of likely N-dealkylation sites (N-methyl/N-ethyl adjacent to an activating group) is 1. The summed E-state index contributed by atoms with van der Waals surface area (Å²) in [5, 5.41) is 0. The van der Waals surface area contributed by atoms with E-state index in [-0.39, 0.29) is 12.7 Å². The molecule has 0 rings (SSSR count). The van der Waals surface area contributed by atoms with E-state index in [1.54, 1.807) is 7.05 Å². The molecule has 0 aromatic carbocycles. The molecule has 0 aromatic rings. The molecule has 0 amide bonds. The summed E-state index contributed by atoms with van der Waals surface area (Å²) in [6, 6.07) is -0.419. The van der Waals surface area contributed by atoms with Crippen molar-refractivity contribution in [2.45, 2.75) is 72.1 Å². The largest absolute Gasteiger partial charge is 0.377 e. The second kappa shape index (κ2) is 8.65. The molecule has 0 aliphatic carbocycles. The van der Waals surface area contributed by atoms with Crippen molar-refractivity contribution in [3.8, 4) is 0 Å². The maximum atomic E-state index is 12.1. The maximum Gasteiger partial charge on any atom is 0.211 e. The highest BCUT2D eigenvalue weighted by Gasteiger charge is 2.42.